The Morgan fingerprint density at radius 1 is 1.10 bits per heavy atom. The van der Waals surface area contributed by atoms with E-state index in [0.717, 1.165) is 6.07 Å². The van der Waals surface area contributed by atoms with Crippen LogP contribution in [0.1, 0.15) is 18.0 Å². The highest BCUT2D eigenvalue weighted by Gasteiger charge is 2.14. The summed E-state index contributed by atoms with van der Waals surface area (Å²) in [6.45, 7) is 2.26. The van der Waals surface area contributed by atoms with E-state index in [2.05, 4.69) is 0 Å². The second-order valence-electron chi connectivity index (χ2n) is 4.28. The summed E-state index contributed by atoms with van der Waals surface area (Å²) in [5, 5.41) is 0. The van der Waals surface area contributed by atoms with Gasteiger partial charge in [0.05, 0.1) is 25.9 Å². The minimum absolute atomic E-state index is 0.126. The van der Waals surface area contributed by atoms with Gasteiger partial charge in [0.15, 0.2) is 11.6 Å². The van der Waals surface area contributed by atoms with Gasteiger partial charge in [0.1, 0.15) is 0 Å². The molecule has 0 aromatic heterocycles. The van der Waals surface area contributed by atoms with Crippen molar-refractivity contribution in [2.45, 2.75) is 12.5 Å². The third-order valence-electron chi connectivity index (χ3n) is 2.69. The van der Waals surface area contributed by atoms with Crippen molar-refractivity contribution in [1.29, 1.82) is 0 Å². The summed E-state index contributed by atoms with van der Waals surface area (Å²) in [5.41, 5.74) is 5.89. The van der Waals surface area contributed by atoms with Gasteiger partial charge in [0.25, 0.3) is 0 Å². The molecule has 0 aliphatic carbocycles. The molecule has 0 heterocycles. The standard InChI is InChI=1S/C14H21F2NO3/c1-18-8-9-19-6-3-7-20-10-13(17)11-4-2-5-12(15)14(11)16/h2,4-5,13H,3,6-10,17H2,1H3. The zero-order chi connectivity index (χ0) is 14.8. The van der Waals surface area contributed by atoms with Crippen molar-refractivity contribution < 1.29 is 23.0 Å². The van der Waals surface area contributed by atoms with E-state index in [1.165, 1.54) is 12.1 Å². The molecule has 0 radical (unpaired) electrons. The molecule has 1 atom stereocenters. The molecule has 4 nitrogen and oxygen atoms in total. The van der Waals surface area contributed by atoms with E-state index in [1.807, 2.05) is 0 Å². The van der Waals surface area contributed by atoms with E-state index in [4.69, 9.17) is 19.9 Å². The summed E-state index contributed by atoms with van der Waals surface area (Å²) in [4.78, 5) is 0. The molecular weight excluding hydrogens is 268 g/mol. The molecule has 1 aromatic carbocycles. The average molecular weight is 289 g/mol. The molecule has 114 valence electrons. The molecule has 0 amide bonds. The van der Waals surface area contributed by atoms with Gasteiger partial charge in [-0.25, -0.2) is 8.78 Å². The minimum atomic E-state index is -0.911. The summed E-state index contributed by atoms with van der Waals surface area (Å²) in [6, 6.07) is 3.27. The van der Waals surface area contributed by atoms with Crippen molar-refractivity contribution in [2.24, 2.45) is 5.73 Å². The third kappa shape index (κ3) is 5.92. The lowest BCUT2D eigenvalue weighted by Crippen LogP contribution is -2.19. The van der Waals surface area contributed by atoms with Gasteiger partial charge in [-0.2, -0.15) is 0 Å². The van der Waals surface area contributed by atoms with Gasteiger partial charge in [-0.15, -0.1) is 0 Å². The second kappa shape index (κ2) is 9.77. The summed E-state index contributed by atoms with van der Waals surface area (Å²) in [7, 11) is 1.61. The van der Waals surface area contributed by atoms with Crippen molar-refractivity contribution in [1.82, 2.24) is 0 Å². The molecule has 0 saturated heterocycles. The molecule has 6 heteroatoms. The van der Waals surface area contributed by atoms with E-state index in [0.29, 0.717) is 32.8 Å². The van der Waals surface area contributed by atoms with E-state index in [1.54, 1.807) is 7.11 Å². The van der Waals surface area contributed by atoms with Gasteiger partial charge in [0, 0.05) is 25.9 Å². The van der Waals surface area contributed by atoms with Crippen LogP contribution in [0, 0.1) is 11.6 Å². The first kappa shape index (κ1) is 17.0. The van der Waals surface area contributed by atoms with Crippen LogP contribution < -0.4 is 5.73 Å². The van der Waals surface area contributed by atoms with Crippen molar-refractivity contribution >= 4 is 0 Å². The Balaban J connectivity index is 2.17. The molecule has 0 saturated carbocycles. The first-order chi connectivity index (χ1) is 9.66. The van der Waals surface area contributed by atoms with E-state index in [-0.39, 0.29) is 12.2 Å². The lowest BCUT2D eigenvalue weighted by atomic mass is 10.1. The molecule has 1 unspecified atom stereocenters. The highest BCUT2D eigenvalue weighted by atomic mass is 19.2. The van der Waals surface area contributed by atoms with Crippen LogP contribution in [0.25, 0.3) is 0 Å². The summed E-state index contributed by atoms with van der Waals surface area (Å²) in [5.74, 6) is -1.81. The van der Waals surface area contributed by atoms with Gasteiger partial charge in [-0.1, -0.05) is 12.1 Å². The molecule has 20 heavy (non-hydrogen) atoms. The van der Waals surface area contributed by atoms with Gasteiger partial charge < -0.3 is 19.9 Å². The maximum Gasteiger partial charge on any atom is 0.163 e. The predicted octanol–water partition coefficient (Wildman–Crippen LogP) is 2.03. The maximum atomic E-state index is 13.5. The molecule has 0 fully saturated rings. The maximum absolute atomic E-state index is 13.5. The fraction of sp³-hybridized carbons (Fsp3) is 0.571. The van der Waals surface area contributed by atoms with E-state index in [9.17, 15) is 8.78 Å². The van der Waals surface area contributed by atoms with Gasteiger partial charge in [-0.3, -0.25) is 0 Å². The van der Waals surface area contributed by atoms with E-state index < -0.39 is 17.7 Å². The quantitative estimate of drug-likeness (QED) is 0.670. The largest absolute Gasteiger partial charge is 0.382 e. The van der Waals surface area contributed by atoms with Crippen LogP contribution >= 0.6 is 0 Å². The Bertz CT molecular complexity index is 391. The second-order valence-corrected chi connectivity index (χ2v) is 4.28. The number of halogens is 2. The van der Waals surface area contributed by atoms with Gasteiger partial charge in [-0.05, 0) is 12.5 Å². The molecule has 1 rings (SSSR count). The average Bonchev–Trinajstić information content (AvgIpc) is 2.44. The molecular formula is C14H21F2NO3. The number of benzene rings is 1. The first-order valence-electron chi connectivity index (χ1n) is 6.50. The zero-order valence-electron chi connectivity index (χ0n) is 11.6. The molecule has 0 aliphatic rings. The van der Waals surface area contributed by atoms with Crippen molar-refractivity contribution in [3.63, 3.8) is 0 Å². The number of nitrogens with two attached hydrogens (primary N) is 1. The number of ether oxygens (including phenoxy) is 3. The van der Waals surface area contributed by atoms with Crippen molar-refractivity contribution in [3.8, 4) is 0 Å². The zero-order valence-corrected chi connectivity index (χ0v) is 11.6. The van der Waals surface area contributed by atoms with Crippen molar-refractivity contribution in [3.05, 3.63) is 35.4 Å². The lowest BCUT2D eigenvalue weighted by molar-refractivity contribution is 0.0490. The minimum Gasteiger partial charge on any atom is -0.382 e. The van der Waals surface area contributed by atoms with Crippen LogP contribution in [-0.2, 0) is 14.2 Å². The highest BCUT2D eigenvalue weighted by molar-refractivity contribution is 5.22. The molecule has 0 aliphatic heterocycles. The smallest absolute Gasteiger partial charge is 0.163 e. The van der Waals surface area contributed by atoms with Gasteiger partial charge in [0.2, 0.25) is 0 Å². The molecule has 0 bridgehead atoms. The summed E-state index contributed by atoms with van der Waals surface area (Å²) >= 11 is 0. The number of hydrogen-bond acceptors (Lipinski definition) is 4. The third-order valence-corrected chi connectivity index (χ3v) is 2.69. The Morgan fingerprint density at radius 2 is 1.85 bits per heavy atom. The first-order valence-corrected chi connectivity index (χ1v) is 6.50. The van der Waals surface area contributed by atoms with Crippen LogP contribution in [0.5, 0.6) is 0 Å². The monoisotopic (exact) mass is 289 g/mol. The Labute approximate surface area is 117 Å². The fourth-order valence-electron chi connectivity index (χ4n) is 1.61. The summed E-state index contributed by atoms with van der Waals surface area (Å²) < 4.78 is 41.9. The number of methoxy groups -OCH3 is 1. The van der Waals surface area contributed by atoms with Crippen LogP contribution in [0.15, 0.2) is 18.2 Å². The number of rotatable bonds is 10. The van der Waals surface area contributed by atoms with Crippen LogP contribution in [0.2, 0.25) is 0 Å². The fourth-order valence-corrected chi connectivity index (χ4v) is 1.61. The summed E-state index contributed by atoms with van der Waals surface area (Å²) in [6.07, 6.45) is 0.710. The predicted molar refractivity (Wildman–Crippen MR) is 71.4 cm³/mol. The van der Waals surface area contributed by atoms with Crippen LogP contribution in [0.3, 0.4) is 0 Å². The van der Waals surface area contributed by atoms with Crippen LogP contribution in [-0.4, -0.2) is 40.1 Å². The lowest BCUT2D eigenvalue weighted by Gasteiger charge is -2.13. The molecule has 2 N–H and O–H groups in total. The normalized spacial score (nSPS) is 12.6. The topological polar surface area (TPSA) is 53.7 Å². The highest BCUT2D eigenvalue weighted by Crippen LogP contribution is 2.17. The van der Waals surface area contributed by atoms with Gasteiger partial charge >= 0.3 is 0 Å². The molecule has 1 aromatic rings. The Morgan fingerprint density at radius 3 is 2.60 bits per heavy atom. The van der Waals surface area contributed by atoms with Crippen molar-refractivity contribution in [2.75, 3.05) is 40.1 Å². The Hall–Kier alpha value is -1.08. The molecule has 0 spiro atoms. The SMILES string of the molecule is COCCOCCCOCC(N)c1cccc(F)c1F. The Kier molecular flexibility index (Phi) is 8.29. The van der Waals surface area contributed by atoms with E-state index >= 15 is 0 Å². The number of hydrogen-bond donors (Lipinski definition) is 1. The van der Waals surface area contributed by atoms with Crippen LogP contribution in [0.4, 0.5) is 8.78 Å².